The third kappa shape index (κ3) is 158000. The van der Waals surface area contributed by atoms with E-state index in [0.29, 0.717) is 0 Å². The summed E-state index contributed by atoms with van der Waals surface area (Å²) in [5.41, 5.74) is 0. The number of hydrogen-bond acceptors (Lipinski definition) is 1. The Bertz CT molecular complexity index is 47.2. The molecule has 0 bridgehead atoms. The molecule has 8 heavy (non-hydrogen) atoms. The molecule has 0 aliphatic carbocycles. The van der Waals surface area contributed by atoms with Crippen LogP contribution in [0.15, 0.2) is 0 Å². The van der Waals surface area contributed by atoms with Gasteiger partial charge in [-0.25, -0.2) is 0 Å². The molecule has 3 heteroatoms. The number of nitrogens with zero attached hydrogens (tertiary/aromatic N) is 2. The first-order valence-electron chi connectivity index (χ1n) is 2.01. The molecular formula is C5H12FeN2. The largest absolute Gasteiger partial charge is 0.512 e. The van der Waals surface area contributed by atoms with Crippen LogP contribution in [0, 0.1) is 11.8 Å². The quantitative estimate of drug-likeness (QED) is 0.283. The third-order valence-corrected chi connectivity index (χ3v) is 0. The average Bonchev–Trinajstić information content (AvgIpc) is 1.36. The number of hydrogen-bond donors (Lipinski definition) is 0. The van der Waals surface area contributed by atoms with E-state index in [9.17, 15) is 0 Å². The van der Waals surface area contributed by atoms with Crippen LogP contribution < -0.4 is 0 Å². The molecule has 0 aliphatic rings. The monoisotopic (exact) mass is 156 g/mol. The first kappa shape index (κ1) is 15.7. The molecule has 0 atom stereocenters. The molecule has 0 N–H and O–H groups in total. The molecule has 0 rings (SSSR count). The van der Waals surface area contributed by atoms with Crippen molar-refractivity contribution in [3.05, 3.63) is 6.57 Å². The Morgan fingerprint density at radius 2 is 1.00 bits per heavy atom. The van der Waals surface area contributed by atoms with Gasteiger partial charge in [0.05, 0.1) is 28.2 Å². The molecule has 0 aliphatic heterocycles. The summed E-state index contributed by atoms with van der Waals surface area (Å²) in [4.78, 5) is 0. The molecule has 0 radical (unpaired) electrons. The van der Waals surface area contributed by atoms with E-state index in [1.807, 2.05) is 0 Å². The minimum atomic E-state index is 0. The smallest absolute Gasteiger partial charge is 0.0675 e. The van der Waals surface area contributed by atoms with Crippen molar-refractivity contribution in [2.24, 2.45) is 0 Å². The van der Waals surface area contributed by atoms with Crippen molar-refractivity contribution < 1.29 is 21.6 Å². The Morgan fingerprint density at radius 1 is 1.00 bits per heavy atom. The molecule has 0 unspecified atom stereocenters. The van der Waals surface area contributed by atoms with Gasteiger partial charge in [-0.2, -0.15) is 0 Å². The zero-order valence-corrected chi connectivity index (χ0v) is 6.85. The summed E-state index contributed by atoms with van der Waals surface area (Å²) in [6, 6.07) is 0. The summed E-state index contributed by atoms with van der Waals surface area (Å²) in [5, 5.41) is 6.25. The first-order chi connectivity index (χ1) is 3.00. The average molecular weight is 156 g/mol. The summed E-state index contributed by atoms with van der Waals surface area (Å²) in [7, 11) is 8.50. The molecule has 0 spiro atoms. The fourth-order valence-corrected chi connectivity index (χ4v) is 0. The summed E-state index contributed by atoms with van der Waals surface area (Å²) >= 11 is 0. The van der Waals surface area contributed by atoms with Crippen LogP contribution in [-0.2, 0) is 17.1 Å². The van der Waals surface area contributed by atoms with Gasteiger partial charge < -0.3 is 16.3 Å². The zero-order chi connectivity index (χ0) is 6.50. The predicted molar refractivity (Wildman–Crippen MR) is 28.9 cm³/mol. The van der Waals surface area contributed by atoms with E-state index in [4.69, 9.17) is 11.8 Å². The molecule has 0 fully saturated rings. The second kappa shape index (κ2) is 6.97. The Kier molecular flexibility index (Phi) is 13.7. The van der Waals surface area contributed by atoms with E-state index >= 15 is 0 Å². The molecule has 0 aromatic heterocycles. The first-order valence-corrected chi connectivity index (χ1v) is 2.01. The van der Waals surface area contributed by atoms with Crippen LogP contribution in [0.4, 0.5) is 0 Å². The standard InChI is InChI=1S/C4H12N.CN.Fe/c1-5(2,3)4;1-2;/h1-4H3;;/q+1;-1;. The number of rotatable bonds is 0. The molecule has 0 amide bonds. The normalized spacial score (nSPS) is 7.75. The SMILES string of the molecule is C[N+](C)(C)C.[C-]#N.[Fe]. The maximum Gasteiger partial charge on any atom is 0.0675 e. The van der Waals surface area contributed by atoms with Gasteiger partial charge in [0.25, 0.3) is 0 Å². The van der Waals surface area contributed by atoms with Crippen molar-refractivity contribution in [2.45, 2.75) is 0 Å². The molecule has 50 valence electrons. The predicted octanol–water partition coefficient (Wildman–Crippen LogP) is 0.416. The van der Waals surface area contributed by atoms with E-state index in [-0.39, 0.29) is 17.1 Å². The molecule has 0 saturated heterocycles. The van der Waals surface area contributed by atoms with Gasteiger partial charge in [-0.15, -0.1) is 0 Å². The van der Waals surface area contributed by atoms with Gasteiger partial charge in [0.1, 0.15) is 0 Å². The minimum absolute atomic E-state index is 0. The van der Waals surface area contributed by atoms with Crippen LogP contribution in [0.1, 0.15) is 0 Å². The van der Waals surface area contributed by atoms with Gasteiger partial charge in [-0.1, -0.05) is 0 Å². The van der Waals surface area contributed by atoms with Crippen LogP contribution >= 0.6 is 0 Å². The van der Waals surface area contributed by atoms with E-state index < -0.39 is 0 Å². The van der Waals surface area contributed by atoms with Crippen molar-refractivity contribution in [1.29, 1.82) is 5.26 Å². The second-order valence-electron chi connectivity index (χ2n) is 2.68. The van der Waals surface area contributed by atoms with Gasteiger partial charge in [-0.3, -0.25) is 0 Å². The topological polar surface area (TPSA) is 23.8 Å². The third-order valence-electron chi connectivity index (χ3n) is 0. The van der Waals surface area contributed by atoms with E-state index in [1.165, 1.54) is 0 Å². The van der Waals surface area contributed by atoms with E-state index in [2.05, 4.69) is 28.2 Å². The van der Waals surface area contributed by atoms with E-state index in [0.717, 1.165) is 4.48 Å². The van der Waals surface area contributed by atoms with Crippen molar-refractivity contribution >= 4 is 0 Å². The van der Waals surface area contributed by atoms with Crippen LogP contribution in [0.3, 0.4) is 0 Å². The molecule has 0 saturated carbocycles. The summed E-state index contributed by atoms with van der Waals surface area (Å²) in [6.07, 6.45) is 0. The van der Waals surface area contributed by atoms with Crippen molar-refractivity contribution in [2.75, 3.05) is 28.2 Å². The van der Waals surface area contributed by atoms with E-state index in [1.54, 1.807) is 0 Å². The number of quaternary nitrogens is 1. The van der Waals surface area contributed by atoms with Crippen LogP contribution in [-0.4, -0.2) is 32.7 Å². The van der Waals surface area contributed by atoms with Crippen molar-refractivity contribution in [1.82, 2.24) is 0 Å². The maximum atomic E-state index is 6.25. The van der Waals surface area contributed by atoms with Crippen LogP contribution in [0.25, 0.3) is 0 Å². The minimum Gasteiger partial charge on any atom is -0.512 e. The molecule has 0 heterocycles. The Labute approximate surface area is 62.2 Å². The summed E-state index contributed by atoms with van der Waals surface area (Å²) < 4.78 is 1.00. The van der Waals surface area contributed by atoms with Gasteiger partial charge in [0.2, 0.25) is 0 Å². The Balaban J connectivity index is -0.0000000750. The molecule has 0 aromatic carbocycles. The second-order valence-corrected chi connectivity index (χ2v) is 2.68. The zero-order valence-electron chi connectivity index (χ0n) is 5.75. The van der Waals surface area contributed by atoms with Crippen molar-refractivity contribution in [3.8, 4) is 0 Å². The molecular weight excluding hydrogens is 144 g/mol. The molecule has 2 nitrogen and oxygen atoms in total. The molecule has 0 aromatic rings. The fraction of sp³-hybridized carbons (Fsp3) is 0.800. The summed E-state index contributed by atoms with van der Waals surface area (Å²) in [6.45, 7) is 4.75. The Morgan fingerprint density at radius 3 is 1.00 bits per heavy atom. The van der Waals surface area contributed by atoms with Crippen molar-refractivity contribution in [3.63, 3.8) is 0 Å². The maximum absolute atomic E-state index is 6.25. The fourth-order valence-electron chi connectivity index (χ4n) is 0. The Hall–Kier alpha value is -0.0305. The van der Waals surface area contributed by atoms with Gasteiger partial charge in [0, 0.05) is 17.1 Å². The van der Waals surface area contributed by atoms with Gasteiger partial charge in [0.15, 0.2) is 0 Å². The van der Waals surface area contributed by atoms with Crippen LogP contribution in [0.2, 0.25) is 0 Å². The summed E-state index contributed by atoms with van der Waals surface area (Å²) in [5.74, 6) is 0. The van der Waals surface area contributed by atoms with Gasteiger partial charge >= 0.3 is 0 Å². The van der Waals surface area contributed by atoms with Crippen LogP contribution in [0.5, 0.6) is 0 Å². The van der Waals surface area contributed by atoms with Gasteiger partial charge in [-0.05, 0) is 0 Å².